The van der Waals surface area contributed by atoms with Crippen molar-refractivity contribution in [3.05, 3.63) is 101 Å². The van der Waals surface area contributed by atoms with Gasteiger partial charge in [-0.3, -0.25) is 9.56 Å². The molecular weight excluding hydrogens is 354 g/mol. The number of rotatable bonds is 4. The third-order valence-corrected chi connectivity index (χ3v) is 5.99. The first-order chi connectivity index (χ1) is 14.4. The normalized spacial score (nSPS) is 19.4. The van der Waals surface area contributed by atoms with Crippen LogP contribution in [0.25, 0.3) is 22.8 Å². The van der Waals surface area contributed by atoms with Crippen LogP contribution in [-0.2, 0) is 6.54 Å². The van der Waals surface area contributed by atoms with E-state index in [1.807, 2.05) is 30.5 Å². The number of aliphatic imine (C=N–C) groups is 1. The predicted octanol–water partition coefficient (Wildman–Crippen LogP) is 5.77. The van der Waals surface area contributed by atoms with Gasteiger partial charge in [-0.25, -0.2) is 4.98 Å². The number of para-hydroxylation sites is 1. The highest BCUT2D eigenvalue weighted by Crippen LogP contribution is 2.55. The van der Waals surface area contributed by atoms with Crippen LogP contribution in [0.1, 0.15) is 34.9 Å². The zero-order valence-corrected chi connectivity index (χ0v) is 16.1. The Morgan fingerprint density at radius 2 is 1.83 bits per heavy atom. The molecule has 0 spiro atoms. The quantitative estimate of drug-likeness (QED) is 0.416. The second-order valence-electron chi connectivity index (χ2n) is 7.89. The van der Waals surface area contributed by atoms with Gasteiger partial charge in [-0.2, -0.15) is 0 Å². The molecule has 2 heterocycles. The van der Waals surface area contributed by atoms with Gasteiger partial charge in [0, 0.05) is 11.6 Å². The van der Waals surface area contributed by atoms with Crippen LogP contribution in [0, 0.1) is 5.92 Å². The van der Waals surface area contributed by atoms with Crippen molar-refractivity contribution in [2.75, 3.05) is 0 Å². The maximum atomic E-state index is 4.92. The summed E-state index contributed by atoms with van der Waals surface area (Å²) in [6.07, 6.45) is 7.81. The van der Waals surface area contributed by atoms with Crippen LogP contribution in [-0.4, -0.2) is 15.8 Å². The average molecular weight is 375 g/mol. The fraction of sp³-hybridized carbons (Fsp3) is 0.154. The summed E-state index contributed by atoms with van der Waals surface area (Å²) in [4.78, 5) is 9.52. The first-order valence-electron chi connectivity index (χ1n) is 10.2. The number of benzene rings is 2. The van der Waals surface area contributed by atoms with Gasteiger partial charge < -0.3 is 0 Å². The topological polar surface area (TPSA) is 30.2 Å². The molecule has 2 aliphatic carbocycles. The lowest BCUT2D eigenvalue weighted by Gasteiger charge is -2.11. The van der Waals surface area contributed by atoms with E-state index >= 15 is 0 Å². The second kappa shape index (κ2) is 6.56. The SMILES string of the molecule is C1=CC2CC2c2c1n(-c1cccc(C=NCc3ccccc3)n1)c1ccccc21. The summed E-state index contributed by atoms with van der Waals surface area (Å²) in [7, 11) is 0. The van der Waals surface area contributed by atoms with E-state index < -0.39 is 0 Å². The Hall–Kier alpha value is -3.46. The molecule has 2 aliphatic rings. The highest BCUT2D eigenvalue weighted by Gasteiger charge is 2.42. The van der Waals surface area contributed by atoms with Crippen LogP contribution in [0.5, 0.6) is 0 Å². The van der Waals surface area contributed by atoms with Gasteiger partial charge in [0.2, 0.25) is 0 Å². The Bertz CT molecular complexity index is 1260. The molecule has 2 aromatic heterocycles. The monoisotopic (exact) mass is 375 g/mol. The number of nitrogens with zero attached hydrogens (tertiary/aromatic N) is 3. The first-order valence-corrected chi connectivity index (χ1v) is 10.2. The minimum Gasteiger partial charge on any atom is -0.294 e. The second-order valence-corrected chi connectivity index (χ2v) is 7.89. The molecule has 0 radical (unpaired) electrons. The highest BCUT2D eigenvalue weighted by molar-refractivity contribution is 5.92. The Morgan fingerprint density at radius 1 is 0.966 bits per heavy atom. The van der Waals surface area contributed by atoms with E-state index in [2.05, 4.69) is 70.2 Å². The van der Waals surface area contributed by atoms with Crippen molar-refractivity contribution >= 4 is 23.2 Å². The van der Waals surface area contributed by atoms with Crippen molar-refractivity contribution in [3.63, 3.8) is 0 Å². The summed E-state index contributed by atoms with van der Waals surface area (Å²) in [6, 6.07) is 25.2. The van der Waals surface area contributed by atoms with Crippen molar-refractivity contribution in [1.29, 1.82) is 0 Å². The fourth-order valence-corrected chi connectivity index (χ4v) is 4.52. The number of hydrogen-bond acceptors (Lipinski definition) is 2. The largest absolute Gasteiger partial charge is 0.294 e. The van der Waals surface area contributed by atoms with Crippen molar-refractivity contribution in [3.8, 4) is 5.82 Å². The molecule has 3 nitrogen and oxygen atoms in total. The molecule has 4 aromatic rings. The molecule has 3 heteroatoms. The number of pyridine rings is 1. The molecule has 1 saturated carbocycles. The van der Waals surface area contributed by atoms with Gasteiger partial charge in [0.05, 0.1) is 23.4 Å². The number of hydrogen-bond donors (Lipinski definition) is 0. The van der Waals surface area contributed by atoms with E-state index in [0.717, 1.165) is 17.4 Å². The summed E-state index contributed by atoms with van der Waals surface area (Å²) in [6.45, 7) is 0.667. The van der Waals surface area contributed by atoms with Crippen molar-refractivity contribution in [2.24, 2.45) is 10.9 Å². The van der Waals surface area contributed by atoms with Crippen LogP contribution in [0.4, 0.5) is 0 Å². The minimum absolute atomic E-state index is 0.667. The molecule has 2 atom stereocenters. The zero-order valence-electron chi connectivity index (χ0n) is 16.1. The van der Waals surface area contributed by atoms with Crippen molar-refractivity contribution in [1.82, 2.24) is 9.55 Å². The van der Waals surface area contributed by atoms with E-state index in [4.69, 9.17) is 4.98 Å². The third kappa shape index (κ3) is 2.82. The molecule has 0 aliphatic heterocycles. The standard InChI is InChI=1S/C26H21N3/c1-2-7-18(8-3-1)16-27-17-20-9-6-12-25(28-20)29-23-11-5-4-10-21(23)26-22-15-19(22)13-14-24(26)29/h1-14,17,19,22H,15-16H2. The van der Waals surface area contributed by atoms with Crippen LogP contribution >= 0.6 is 0 Å². The Morgan fingerprint density at radius 3 is 2.76 bits per heavy atom. The molecule has 29 heavy (non-hydrogen) atoms. The molecule has 1 fully saturated rings. The first kappa shape index (κ1) is 16.5. The molecule has 2 unspecified atom stereocenters. The molecule has 6 rings (SSSR count). The lowest BCUT2D eigenvalue weighted by molar-refractivity contribution is 0.957. The van der Waals surface area contributed by atoms with E-state index in [1.54, 1.807) is 0 Å². The number of allylic oxidation sites excluding steroid dienone is 1. The number of aromatic nitrogens is 2. The molecule has 140 valence electrons. The lowest BCUT2D eigenvalue weighted by Crippen LogP contribution is -2.03. The average Bonchev–Trinajstić information content (AvgIpc) is 3.48. The van der Waals surface area contributed by atoms with Crippen LogP contribution in [0.2, 0.25) is 0 Å². The molecule has 0 amide bonds. The van der Waals surface area contributed by atoms with Crippen LogP contribution in [0.15, 0.2) is 83.9 Å². The summed E-state index contributed by atoms with van der Waals surface area (Å²) < 4.78 is 2.31. The summed E-state index contributed by atoms with van der Waals surface area (Å²) in [5, 5.41) is 1.37. The molecule has 0 N–H and O–H groups in total. The van der Waals surface area contributed by atoms with Crippen molar-refractivity contribution < 1.29 is 0 Å². The van der Waals surface area contributed by atoms with E-state index in [1.165, 1.54) is 34.1 Å². The van der Waals surface area contributed by atoms with Crippen LogP contribution < -0.4 is 0 Å². The zero-order chi connectivity index (χ0) is 19.2. The Labute approximate surface area is 170 Å². The fourth-order valence-electron chi connectivity index (χ4n) is 4.52. The third-order valence-electron chi connectivity index (χ3n) is 5.99. The van der Waals surface area contributed by atoms with E-state index in [-0.39, 0.29) is 0 Å². The highest BCUT2D eigenvalue weighted by atomic mass is 15.1. The Balaban J connectivity index is 1.40. The van der Waals surface area contributed by atoms with Crippen LogP contribution in [0.3, 0.4) is 0 Å². The number of fused-ring (bicyclic) bond motifs is 5. The van der Waals surface area contributed by atoms with E-state index in [9.17, 15) is 0 Å². The predicted molar refractivity (Wildman–Crippen MR) is 119 cm³/mol. The van der Waals surface area contributed by atoms with Crippen molar-refractivity contribution in [2.45, 2.75) is 18.9 Å². The lowest BCUT2D eigenvalue weighted by atomic mass is 10.0. The summed E-state index contributed by atoms with van der Waals surface area (Å²) >= 11 is 0. The maximum Gasteiger partial charge on any atom is 0.138 e. The molecule has 0 bridgehead atoms. The van der Waals surface area contributed by atoms with Gasteiger partial charge in [-0.05, 0) is 53.7 Å². The van der Waals surface area contributed by atoms with Gasteiger partial charge in [-0.1, -0.05) is 60.7 Å². The smallest absolute Gasteiger partial charge is 0.138 e. The van der Waals surface area contributed by atoms with Gasteiger partial charge in [0.1, 0.15) is 5.82 Å². The van der Waals surface area contributed by atoms with E-state index in [0.29, 0.717) is 12.5 Å². The van der Waals surface area contributed by atoms with Gasteiger partial charge >= 0.3 is 0 Å². The molecule has 0 saturated heterocycles. The Kier molecular flexibility index (Phi) is 3.73. The minimum atomic E-state index is 0.667. The van der Waals surface area contributed by atoms with Gasteiger partial charge in [0.25, 0.3) is 0 Å². The maximum absolute atomic E-state index is 4.92. The molecule has 2 aromatic carbocycles. The molecular formula is C26H21N3. The summed E-state index contributed by atoms with van der Waals surface area (Å²) in [5.41, 5.74) is 6.11. The van der Waals surface area contributed by atoms with Gasteiger partial charge in [-0.15, -0.1) is 0 Å². The summed E-state index contributed by atoms with van der Waals surface area (Å²) in [5.74, 6) is 2.36. The van der Waals surface area contributed by atoms with Gasteiger partial charge in [0.15, 0.2) is 0 Å².